The van der Waals surface area contributed by atoms with Crippen molar-refractivity contribution in [2.45, 2.75) is 38.6 Å². The quantitative estimate of drug-likeness (QED) is 0.802. The summed E-state index contributed by atoms with van der Waals surface area (Å²) < 4.78 is 5.27. The molecule has 2 rings (SSSR count). The maximum Gasteiger partial charge on any atom is 0.257 e. The van der Waals surface area contributed by atoms with Crippen LogP contribution in [-0.4, -0.2) is 30.5 Å². The van der Waals surface area contributed by atoms with Crippen molar-refractivity contribution in [3.8, 4) is 5.75 Å². The van der Waals surface area contributed by atoms with Gasteiger partial charge >= 0.3 is 0 Å². The molecule has 0 spiro atoms. The molecule has 1 aromatic carbocycles. The summed E-state index contributed by atoms with van der Waals surface area (Å²) in [6.45, 7) is 2.95. The molecular formula is C15H22N2O2. The number of methoxy groups -OCH3 is 1. The molecule has 0 aliphatic heterocycles. The number of ether oxygens (including phenoxy) is 1. The van der Waals surface area contributed by atoms with Gasteiger partial charge in [0.1, 0.15) is 5.75 Å². The second-order valence-corrected chi connectivity index (χ2v) is 5.04. The number of unbranched alkanes of at least 4 members (excludes halogenated alkanes) is 1. The SMILES string of the molecule is CCCCN(C(=O)c1cc(N)ccc1OC)C1CC1. The third-order valence-electron chi connectivity index (χ3n) is 3.46. The Bertz CT molecular complexity index is 455. The van der Waals surface area contributed by atoms with Crippen molar-refractivity contribution in [2.24, 2.45) is 0 Å². The van der Waals surface area contributed by atoms with E-state index < -0.39 is 0 Å². The second kappa shape index (κ2) is 5.95. The van der Waals surface area contributed by atoms with Crippen LogP contribution in [-0.2, 0) is 0 Å². The number of hydrogen-bond donors (Lipinski definition) is 1. The first-order valence-corrected chi connectivity index (χ1v) is 6.91. The molecule has 1 aromatic rings. The molecule has 4 heteroatoms. The van der Waals surface area contributed by atoms with Crippen LogP contribution in [0.15, 0.2) is 18.2 Å². The van der Waals surface area contributed by atoms with E-state index in [9.17, 15) is 4.79 Å². The molecule has 104 valence electrons. The van der Waals surface area contributed by atoms with Gasteiger partial charge in [0.05, 0.1) is 12.7 Å². The average Bonchev–Trinajstić information content (AvgIpc) is 3.23. The molecule has 0 bridgehead atoms. The summed E-state index contributed by atoms with van der Waals surface area (Å²) in [5.41, 5.74) is 6.95. The van der Waals surface area contributed by atoms with Crippen LogP contribution >= 0.6 is 0 Å². The van der Waals surface area contributed by atoms with E-state index in [-0.39, 0.29) is 5.91 Å². The number of amides is 1. The van der Waals surface area contributed by atoms with Crippen LogP contribution in [0.3, 0.4) is 0 Å². The minimum absolute atomic E-state index is 0.0418. The van der Waals surface area contributed by atoms with E-state index in [4.69, 9.17) is 10.5 Å². The van der Waals surface area contributed by atoms with Crippen molar-refractivity contribution >= 4 is 11.6 Å². The van der Waals surface area contributed by atoms with Crippen LogP contribution in [0.25, 0.3) is 0 Å². The Labute approximate surface area is 114 Å². The summed E-state index contributed by atoms with van der Waals surface area (Å²) >= 11 is 0. The zero-order chi connectivity index (χ0) is 13.8. The number of carbonyl (C=O) groups is 1. The summed E-state index contributed by atoms with van der Waals surface area (Å²) in [6, 6.07) is 5.63. The summed E-state index contributed by atoms with van der Waals surface area (Å²) in [6.07, 6.45) is 4.34. The predicted octanol–water partition coefficient (Wildman–Crippen LogP) is 2.68. The number of hydrogen-bond acceptors (Lipinski definition) is 3. The van der Waals surface area contributed by atoms with E-state index in [1.54, 1.807) is 25.3 Å². The Morgan fingerprint density at radius 3 is 2.79 bits per heavy atom. The standard InChI is InChI=1S/C15H22N2O2/c1-3-4-9-17(12-6-7-12)15(18)13-10-11(16)5-8-14(13)19-2/h5,8,10,12H,3-4,6-7,9,16H2,1-2H3. The van der Waals surface area contributed by atoms with E-state index in [1.165, 1.54) is 0 Å². The van der Waals surface area contributed by atoms with Gasteiger partial charge < -0.3 is 15.4 Å². The number of anilines is 1. The van der Waals surface area contributed by atoms with E-state index in [0.29, 0.717) is 23.0 Å². The highest BCUT2D eigenvalue weighted by Crippen LogP contribution is 2.31. The van der Waals surface area contributed by atoms with Crippen molar-refractivity contribution in [3.63, 3.8) is 0 Å². The molecule has 1 aliphatic carbocycles. The molecule has 4 nitrogen and oxygen atoms in total. The van der Waals surface area contributed by atoms with Crippen LogP contribution < -0.4 is 10.5 Å². The highest BCUT2D eigenvalue weighted by Gasteiger charge is 2.33. The fraction of sp³-hybridized carbons (Fsp3) is 0.533. The zero-order valence-corrected chi connectivity index (χ0v) is 11.7. The van der Waals surface area contributed by atoms with Gasteiger partial charge in [-0.25, -0.2) is 0 Å². The summed E-state index contributed by atoms with van der Waals surface area (Å²) in [4.78, 5) is 14.6. The summed E-state index contributed by atoms with van der Waals surface area (Å²) in [5, 5.41) is 0. The minimum atomic E-state index is 0.0418. The average molecular weight is 262 g/mol. The molecule has 1 aliphatic rings. The number of nitrogen functional groups attached to an aromatic ring is 1. The molecule has 0 heterocycles. The van der Waals surface area contributed by atoms with Crippen molar-refractivity contribution < 1.29 is 9.53 Å². The predicted molar refractivity (Wildman–Crippen MR) is 76.4 cm³/mol. The van der Waals surface area contributed by atoms with Crippen molar-refractivity contribution in [1.82, 2.24) is 4.90 Å². The number of carbonyl (C=O) groups excluding carboxylic acids is 1. The lowest BCUT2D eigenvalue weighted by Crippen LogP contribution is -2.34. The number of rotatable bonds is 6. The molecular weight excluding hydrogens is 240 g/mol. The molecule has 0 saturated heterocycles. The van der Waals surface area contributed by atoms with Crippen LogP contribution in [0.1, 0.15) is 43.0 Å². The maximum atomic E-state index is 12.7. The lowest BCUT2D eigenvalue weighted by atomic mass is 10.1. The van der Waals surface area contributed by atoms with E-state index in [2.05, 4.69) is 6.92 Å². The van der Waals surface area contributed by atoms with Crippen LogP contribution in [0.4, 0.5) is 5.69 Å². The molecule has 1 amide bonds. The molecule has 0 atom stereocenters. The Kier molecular flexibility index (Phi) is 4.30. The van der Waals surface area contributed by atoms with Crippen LogP contribution in [0, 0.1) is 0 Å². The van der Waals surface area contributed by atoms with Gasteiger partial charge in [0.25, 0.3) is 5.91 Å². The second-order valence-electron chi connectivity index (χ2n) is 5.04. The molecule has 1 fully saturated rings. The van der Waals surface area contributed by atoms with Gasteiger partial charge in [0.15, 0.2) is 0 Å². The molecule has 1 saturated carbocycles. The fourth-order valence-electron chi connectivity index (χ4n) is 2.21. The number of benzene rings is 1. The molecule has 2 N–H and O–H groups in total. The first-order chi connectivity index (χ1) is 9.17. The largest absolute Gasteiger partial charge is 0.496 e. The molecule has 0 unspecified atom stereocenters. The van der Waals surface area contributed by atoms with Crippen molar-refractivity contribution in [1.29, 1.82) is 0 Å². The Morgan fingerprint density at radius 1 is 1.47 bits per heavy atom. The lowest BCUT2D eigenvalue weighted by molar-refractivity contribution is 0.0737. The van der Waals surface area contributed by atoms with Crippen LogP contribution in [0.2, 0.25) is 0 Å². The van der Waals surface area contributed by atoms with Gasteiger partial charge in [-0.05, 0) is 37.5 Å². The highest BCUT2D eigenvalue weighted by atomic mass is 16.5. The monoisotopic (exact) mass is 262 g/mol. The zero-order valence-electron chi connectivity index (χ0n) is 11.7. The lowest BCUT2D eigenvalue weighted by Gasteiger charge is -2.23. The van der Waals surface area contributed by atoms with Gasteiger partial charge in [0, 0.05) is 18.3 Å². The normalized spacial score (nSPS) is 14.2. The van der Waals surface area contributed by atoms with Crippen molar-refractivity contribution in [3.05, 3.63) is 23.8 Å². The van der Waals surface area contributed by atoms with Crippen molar-refractivity contribution in [2.75, 3.05) is 19.4 Å². The van der Waals surface area contributed by atoms with Gasteiger partial charge in [-0.15, -0.1) is 0 Å². The van der Waals surface area contributed by atoms with E-state index in [0.717, 1.165) is 32.2 Å². The van der Waals surface area contributed by atoms with Gasteiger partial charge in [-0.1, -0.05) is 13.3 Å². The Hall–Kier alpha value is -1.71. The topological polar surface area (TPSA) is 55.6 Å². The van der Waals surface area contributed by atoms with E-state index in [1.807, 2.05) is 4.90 Å². The molecule has 0 radical (unpaired) electrons. The third-order valence-corrected chi connectivity index (χ3v) is 3.46. The number of nitrogens with zero attached hydrogens (tertiary/aromatic N) is 1. The summed E-state index contributed by atoms with van der Waals surface area (Å²) in [7, 11) is 1.58. The fourth-order valence-corrected chi connectivity index (χ4v) is 2.21. The first kappa shape index (κ1) is 13.7. The van der Waals surface area contributed by atoms with Gasteiger partial charge in [0.2, 0.25) is 0 Å². The van der Waals surface area contributed by atoms with Gasteiger partial charge in [-0.3, -0.25) is 4.79 Å². The Morgan fingerprint density at radius 2 is 2.21 bits per heavy atom. The highest BCUT2D eigenvalue weighted by molar-refractivity contribution is 5.98. The van der Waals surface area contributed by atoms with E-state index >= 15 is 0 Å². The maximum absolute atomic E-state index is 12.7. The summed E-state index contributed by atoms with van der Waals surface area (Å²) in [5.74, 6) is 0.640. The third kappa shape index (κ3) is 3.19. The smallest absolute Gasteiger partial charge is 0.257 e. The first-order valence-electron chi connectivity index (χ1n) is 6.91. The van der Waals surface area contributed by atoms with Gasteiger partial charge in [-0.2, -0.15) is 0 Å². The number of nitrogens with two attached hydrogens (primary N) is 1. The molecule has 19 heavy (non-hydrogen) atoms. The molecule has 0 aromatic heterocycles. The van der Waals surface area contributed by atoms with Crippen LogP contribution in [0.5, 0.6) is 5.75 Å². The Balaban J connectivity index is 2.22. The minimum Gasteiger partial charge on any atom is -0.496 e.